The Morgan fingerprint density at radius 1 is 0.846 bits per heavy atom. The summed E-state index contributed by atoms with van der Waals surface area (Å²) in [6, 6.07) is 0. The van der Waals surface area contributed by atoms with Crippen LogP contribution in [0.5, 0.6) is 0 Å². The van der Waals surface area contributed by atoms with Crippen LogP contribution < -0.4 is 9.79 Å². The van der Waals surface area contributed by atoms with Gasteiger partial charge in [0.25, 0.3) is 15.6 Å². The van der Waals surface area contributed by atoms with E-state index in [4.69, 9.17) is 0 Å². The molecule has 2 aliphatic rings. The second-order valence-corrected chi connectivity index (χ2v) is 4.47. The molecule has 0 unspecified atom stereocenters. The molecule has 2 aliphatic heterocycles. The molecule has 11 heteroatoms. The first kappa shape index (κ1) is 13.7. The molecule has 0 aromatic heterocycles. The molecule has 2 rings (SSSR count). The van der Waals surface area contributed by atoms with Gasteiger partial charge in [-0.1, -0.05) is 0 Å². The van der Waals surface area contributed by atoms with Gasteiger partial charge in [0.1, 0.15) is 0 Å². The second kappa shape index (κ2) is 4.98. The van der Waals surface area contributed by atoms with Crippen molar-refractivity contribution in [2.75, 3.05) is 13.6 Å². The van der Waals surface area contributed by atoms with E-state index >= 15 is 0 Å². The molecular formula is C2H4NiO8P2. The third-order valence-corrected chi connectivity index (χ3v) is 2.53. The Labute approximate surface area is 83.3 Å². The average molecular weight is 277 g/mol. The van der Waals surface area contributed by atoms with Crippen LogP contribution in [-0.2, 0) is 43.7 Å². The van der Waals surface area contributed by atoms with Gasteiger partial charge in [-0.05, 0) is 0 Å². The van der Waals surface area contributed by atoms with Gasteiger partial charge in [0.15, 0.2) is 13.6 Å². The molecule has 0 aromatic rings. The molecule has 2 saturated heterocycles. The van der Waals surface area contributed by atoms with E-state index < -0.39 is 15.6 Å². The van der Waals surface area contributed by atoms with Crippen molar-refractivity contribution in [2.45, 2.75) is 0 Å². The van der Waals surface area contributed by atoms with E-state index in [0.29, 0.717) is 0 Å². The zero-order valence-corrected chi connectivity index (χ0v) is 8.67. The SMILES string of the molecule is O=P1([O-])OCO1.O=P1([O-])OCO1.[Ni+2]. The molecule has 2 heterocycles. The van der Waals surface area contributed by atoms with E-state index in [0.717, 1.165) is 0 Å². The van der Waals surface area contributed by atoms with Gasteiger partial charge in [-0.25, -0.2) is 0 Å². The van der Waals surface area contributed by atoms with E-state index in [9.17, 15) is 18.9 Å². The molecule has 13 heavy (non-hydrogen) atoms. The monoisotopic (exact) mass is 276 g/mol. The normalized spacial score (nSPS) is 26.6. The summed E-state index contributed by atoms with van der Waals surface area (Å²) in [6.45, 7) is -0.221. The van der Waals surface area contributed by atoms with Crippen LogP contribution >= 0.6 is 15.6 Å². The van der Waals surface area contributed by atoms with E-state index in [-0.39, 0.29) is 30.1 Å². The van der Waals surface area contributed by atoms with Crippen molar-refractivity contribution in [2.24, 2.45) is 0 Å². The van der Waals surface area contributed by atoms with Crippen molar-refractivity contribution in [1.82, 2.24) is 0 Å². The molecule has 0 aliphatic carbocycles. The first-order valence-electron chi connectivity index (χ1n) is 2.62. The van der Waals surface area contributed by atoms with Gasteiger partial charge in [-0.15, -0.1) is 0 Å². The Balaban J connectivity index is 0.000000206. The summed E-state index contributed by atoms with van der Waals surface area (Å²) in [5, 5.41) is 0. The molecular weight excluding hydrogens is 273 g/mol. The van der Waals surface area contributed by atoms with Crippen molar-refractivity contribution in [1.29, 1.82) is 0 Å². The van der Waals surface area contributed by atoms with Crippen molar-refractivity contribution >= 4 is 15.6 Å². The predicted molar refractivity (Wildman–Crippen MR) is 29.3 cm³/mol. The zero-order chi connectivity index (χ0) is 9.24. The van der Waals surface area contributed by atoms with Gasteiger partial charge in [-0.2, -0.15) is 0 Å². The van der Waals surface area contributed by atoms with Gasteiger partial charge in [0, 0.05) is 0 Å². The Bertz CT molecular complexity index is 211. The Kier molecular flexibility index (Phi) is 5.25. The molecule has 0 spiro atoms. The summed E-state index contributed by atoms with van der Waals surface area (Å²) in [6.07, 6.45) is 0. The Morgan fingerprint density at radius 2 is 1.00 bits per heavy atom. The summed E-state index contributed by atoms with van der Waals surface area (Å²) in [5.74, 6) is 0. The number of hydrogen-bond donors (Lipinski definition) is 0. The van der Waals surface area contributed by atoms with Gasteiger partial charge in [0.05, 0.1) is 0 Å². The predicted octanol–water partition coefficient (Wildman–Crippen LogP) is -1.08. The van der Waals surface area contributed by atoms with Gasteiger partial charge in [-0.3, -0.25) is 27.2 Å². The van der Waals surface area contributed by atoms with Crippen LogP contribution in [0.4, 0.5) is 0 Å². The van der Waals surface area contributed by atoms with Crippen LogP contribution in [0.1, 0.15) is 0 Å². The van der Waals surface area contributed by atoms with Crippen LogP contribution in [0.3, 0.4) is 0 Å². The van der Waals surface area contributed by atoms with Crippen LogP contribution in [0.2, 0.25) is 0 Å². The minimum absolute atomic E-state index is 0. The summed E-state index contributed by atoms with van der Waals surface area (Å²) < 4.78 is 34.9. The standard InChI is InChI=1S/2CH3O4P.Ni/c2*2-6(3)4-1-5-6;/h2*1H2,(H,2,3);/q;;+2/p-2. The molecule has 80 valence electrons. The molecule has 0 atom stereocenters. The first-order valence-corrected chi connectivity index (χ1v) is 5.54. The van der Waals surface area contributed by atoms with Crippen molar-refractivity contribution in [3.63, 3.8) is 0 Å². The molecule has 0 bridgehead atoms. The number of hydrogen-bond acceptors (Lipinski definition) is 8. The van der Waals surface area contributed by atoms with Crippen LogP contribution in [-0.4, -0.2) is 13.6 Å². The molecule has 0 amide bonds. The fourth-order valence-corrected chi connectivity index (χ4v) is 0.833. The van der Waals surface area contributed by atoms with Gasteiger partial charge >= 0.3 is 16.5 Å². The molecule has 8 nitrogen and oxygen atoms in total. The van der Waals surface area contributed by atoms with E-state index in [1.807, 2.05) is 0 Å². The van der Waals surface area contributed by atoms with Crippen LogP contribution in [0.15, 0.2) is 0 Å². The van der Waals surface area contributed by atoms with Crippen molar-refractivity contribution in [3.05, 3.63) is 0 Å². The maximum atomic E-state index is 9.67. The smallest absolute Gasteiger partial charge is 0.756 e. The largest absolute Gasteiger partial charge is 2.00 e. The van der Waals surface area contributed by atoms with E-state index in [2.05, 4.69) is 18.1 Å². The van der Waals surface area contributed by atoms with Gasteiger partial charge in [0.2, 0.25) is 0 Å². The first-order chi connectivity index (χ1) is 5.41. The molecule has 0 aromatic carbocycles. The topological polar surface area (TPSA) is 117 Å². The van der Waals surface area contributed by atoms with Crippen LogP contribution in [0, 0.1) is 0 Å². The van der Waals surface area contributed by atoms with Crippen LogP contribution in [0.25, 0.3) is 0 Å². The maximum absolute atomic E-state index is 9.67. The zero-order valence-electron chi connectivity index (χ0n) is 5.89. The van der Waals surface area contributed by atoms with E-state index in [1.54, 1.807) is 0 Å². The fourth-order valence-electron chi connectivity index (χ4n) is 0.278. The quantitative estimate of drug-likeness (QED) is 0.405. The summed E-state index contributed by atoms with van der Waals surface area (Å²) in [7, 11) is -7.43. The van der Waals surface area contributed by atoms with E-state index in [1.165, 1.54) is 0 Å². The molecule has 0 N–H and O–H groups in total. The summed E-state index contributed by atoms with van der Waals surface area (Å²) in [4.78, 5) is 19.3. The number of phosphoric ester groups is 2. The molecule has 0 radical (unpaired) electrons. The number of rotatable bonds is 0. The Morgan fingerprint density at radius 3 is 1.00 bits per heavy atom. The average Bonchev–Trinajstić information content (AvgIpc) is 1.83. The molecule has 0 saturated carbocycles. The minimum atomic E-state index is -3.72. The summed E-state index contributed by atoms with van der Waals surface area (Å²) in [5.41, 5.74) is 0. The Hall–Kier alpha value is 0.714. The second-order valence-electron chi connectivity index (χ2n) is 1.65. The maximum Gasteiger partial charge on any atom is 2.00 e. The van der Waals surface area contributed by atoms with Gasteiger partial charge < -0.3 is 9.79 Å². The van der Waals surface area contributed by atoms with Crippen molar-refractivity contribution in [3.8, 4) is 0 Å². The van der Waals surface area contributed by atoms with Crippen molar-refractivity contribution < 1.29 is 53.5 Å². The third kappa shape index (κ3) is 5.22. The fraction of sp³-hybridized carbons (Fsp3) is 1.00. The number of phosphoric acid groups is 2. The molecule has 2 fully saturated rings. The third-order valence-electron chi connectivity index (χ3n) is 0.843. The minimum Gasteiger partial charge on any atom is -0.756 e. The summed E-state index contributed by atoms with van der Waals surface area (Å²) >= 11 is 0.